The minimum Gasteiger partial charge on any atom is -0.549 e. The number of aromatic nitrogens is 2. The Kier molecular flexibility index (Phi) is 7.10. The number of anilines is 3. The number of morpholine rings is 1. The summed E-state index contributed by atoms with van der Waals surface area (Å²) >= 11 is 0. The molecule has 0 bridgehead atoms. The number of carboxylic acid groups (broad SMARTS) is 1. The van der Waals surface area contributed by atoms with Gasteiger partial charge in [-0.15, -0.1) is 0 Å². The second-order valence-electron chi connectivity index (χ2n) is 8.74. The SMILES string of the molecule is CCN(c1ccc(C2(C(=O)[O-])CCC2)cc1)c1nc(N2CCOCC2)nc2c1CCC2.[Na+]. The number of benzene rings is 1. The molecule has 32 heavy (non-hydrogen) atoms. The molecule has 0 spiro atoms. The van der Waals surface area contributed by atoms with Crippen LogP contribution in [0.3, 0.4) is 0 Å². The van der Waals surface area contributed by atoms with E-state index >= 15 is 0 Å². The maximum Gasteiger partial charge on any atom is 1.00 e. The molecule has 8 heteroatoms. The van der Waals surface area contributed by atoms with Gasteiger partial charge in [-0.2, -0.15) is 4.98 Å². The molecule has 2 fully saturated rings. The number of hydrogen-bond donors (Lipinski definition) is 0. The molecule has 1 aromatic heterocycles. The number of fused-ring (bicyclic) bond motifs is 1. The van der Waals surface area contributed by atoms with Gasteiger partial charge in [-0.3, -0.25) is 0 Å². The Bertz CT molecular complexity index is 972. The van der Waals surface area contributed by atoms with Crippen LogP contribution in [0.1, 0.15) is 49.4 Å². The number of hydrogen-bond acceptors (Lipinski definition) is 7. The van der Waals surface area contributed by atoms with E-state index in [-0.39, 0.29) is 29.6 Å². The first-order valence-corrected chi connectivity index (χ1v) is 11.4. The van der Waals surface area contributed by atoms with Crippen molar-refractivity contribution in [3.63, 3.8) is 0 Å². The van der Waals surface area contributed by atoms with Gasteiger partial charge in [-0.25, -0.2) is 4.98 Å². The predicted molar refractivity (Wildman–Crippen MR) is 117 cm³/mol. The van der Waals surface area contributed by atoms with Crippen LogP contribution in [-0.4, -0.2) is 48.8 Å². The number of carbonyl (C=O) groups is 1. The van der Waals surface area contributed by atoms with E-state index in [1.807, 2.05) is 24.3 Å². The van der Waals surface area contributed by atoms with Gasteiger partial charge in [-0.1, -0.05) is 18.6 Å². The molecule has 1 saturated heterocycles. The molecule has 0 radical (unpaired) electrons. The quantitative estimate of drug-likeness (QED) is 0.536. The summed E-state index contributed by atoms with van der Waals surface area (Å²) < 4.78 is 5.50. The summed E-state index contributed by atoms with van der Waals surface area (Å²) in [5, 5.41) is 11.8. The monoisotopic (exact) mass is 444 g/mol. The van der Waals surface area contributed by atoms with Crippen molar-refractivity contribution in [1.29, 1.82) is 0 Å². The van der Waals surface area contributed by atoms with Crippen molar-refractivity contribution in [2.75, 3.05) is 42.6 Å². The zero-order valence-electron chi connectivity index (χ0n) is 19.1. The first kappa shape index (κ1) is 23.5. The number of aryl methyl sites for hydroxylation is 1. The Morgan fingerprint density at radius 3 is 2.44 bits per heavy atom. The molecule has 1 saturated carbocycles. The van der Waals surface area contributed by atoms with Crippen molar-refractivity contribution in [2.24, 2.45) is 0 Å². The molecule has 0 atom stereocenters. The van der Waals surface area contributed by atoms with Crippen LogP contribution in [0.2, 0.25) is 0 Å². The van der Waals surface area contributed by atoms with Crippen molar-refractivity contribution in [3.8, 4) is 0 Å². The normalized spacial score (nSPS) is 19.0. The van der Waals surface area contributed by atoms with Gasteiger partial charge in [0.25, 0.3) is 0 Å². The molecule has 0 amide bonds. The van der Waals surface area contributed by atoms with Crippen molar-refractivity contribution in [2.45, 2.75) is 50.9 Å². The van der Waals surface area contributed by atoms with E-state index in [4.69, 9.17) is 14.7 Å². The fourth-order valence-corrected chi connectivity index (χ4v) is 5.08. The Balaban J connectivity index is 0.00000245. The summed E-state index contributed by atoms with van der Waals surface area (Å²) in [7, 11) is 0. The first-order valence-electron chi connectivity index (χ1n) is 11.4. The standard InChI is InChI=1S/C24H30N4O3.Na/c1-2-28(18-9-7-17(8-10-18)24(22(29)30)11-4-12-24)21-19-5-3-6-20(19)25-23(26-21)27-13-15-31-16-14-27;/h7-10H,2-6,11-16H2,1H3,(H,29,30);/q;+1/p-1. The first-order chi connectivity index (χ1) is 15.1. The van der Waals surface area contributed by atoms with E-state index < -0.39 is 11.4 Å². The minimum atomic E-state index is -0.956. The molecular formula is C24H29N4NaO3. The number of ether oxygens (including phenoxy) is 1. The molecule has 7 nitrogen and oxygen atoms in total. The molecule has 0 unspecified atom stereocenters. The van der Waals surface area contributed by atoms with Crippen LogP contribution in [0.15, 0.2) is 24.3 Å². The molecule has 1 aliphatic heterocycles. The molecule has 164 valence electrons. The summed E-state index contributed by atoms with van der Waals surface area (Å²) in [6.45, 7) is 5.93. The van der Waals surface area contributed by atoms with Crippen molar-refractivity contribution in [1.82, 2.24) is 9.97 Å². The Labute approximate surface area is 211 Å². The number of carboxylic acids is 1. The number of carbonyl (C=O) groups excluding carboxylic acids is 1. The van der Waals surface area contributed by atoms with Crippen LogP contribution in [0.5, 0.6) is 0 Å². The van der Waals surface area contributed by atoms with Gasteiger partial charge >= 0.3 is 29.6 Å². The largest absolute Gasteiger partial charge is 1.00 e. The second-order valence-corrected chi connectivity index (χ2v) is 8.74. The van der Waals surface area contributed by atoms with Gasteiger partial charge < -0.3 is 24.4 Å². The van der Waals surface area contributed by atoms with E-state index in [1.54, 1.807) is 0 Å². The fraction of sp³-hybridized carbons (Fsp3) is 0.542. The third kappa shape index (κ3) is 4.04. The Morgan fingerprint density at radius 1 is 1.12 bits per heavy atom. The van der Waals surface area contributed by atoms with E-state index in [9.17, 15) is 9.90 Å². The van der Waals surface area contributed by atoms with Crippen LogP contribution in [0.25, 0.3) is 0 Å². The molecule has 5 rings (SSSR count). The summed E-state index contributed by atoms with van der Waals surface area (Å²) in [5.41, 5.74) is 3.47. The van der Waals surface area contributed by atoms with E-state index in [1.165, 1.54) is 5.56 Å². The zero-order chi connectivity index (χ0) is 21.4. The van der Waals surface area contributed by atoms with Crippen LogP contribution < -0.4 is 44.5 Å². The summed E-state index contributed by atoms with van der Waals surface area (Å²) in [4.78, 5) is 26.1. The average Bonchev–Trinajstić information content (AvgIpc) is 3.24. The van der Waals surface area contributed by atoms with Gasteiger partial charge in [-0.05, 0) is 56.7 Å². The zero-order valence-corrected chi connectivity index (χ0v) is 21.1. The Hall–Kier alpha value is -1.67. The Morgan fingerprint density at radius 2 is 1.84 bits per heavy atom. The third-order valence-electron chi connectivity index (χ3n) is 7.09. The van der Waals surface area contributed by atoms with Crippen LogP contribution >= 0.6 is 0 Å². The molecule has 1 aromatic carbocycles. The maximum atomic E-state index is 11.8. The van der Waals surface area contributed by atoms with Crippen LogP contribution in [0, 0.1) is 0 Å². The summed E-state index contributed by atoms with van der Waals surface area (Å²) in [5.74, 6) is 0.819. The van der Waals surface area contributed by atoms with Gasteiger partial charge in [0, 0.05) is 36.3 Å². The minimum absolute atomic E-state index is 0. The van der Waals surface area contributed by atoms with Gasteiger partial charge in [0.2, 0.25) is 5.95 Å². The third-order valence-corrected chi connectivity index (χ3v) is 7.09. The van der Waals surface area contributed by atoms with Crippen molar-refractivity contribution >= 4 is 23.4 Å². The van der Waals surface area contributed by atoms with Crippen molar-refractivity contribution < 1.29 is 44.2 Å². The predicted octanol–water partition coefficient (Wildman–Crippen LogP) is -0.864. The summed E-state index contributed by atoms with van der Waals surface area (Å²) in [6.07, 6.45) is 5.36. The molecule has 3 aliphatic rings. The van der Waals surface area contributed by atoms with Gasteiger partial charge in [0.05, 0.1) is 24.9 Å². The fourth-order valence-electron chi connectivity index (χ4n) is 5.08. The topological polar surface area (TPSA) is 81.6 Å². The van der Waals surface area contributed by atoms with E-state index in [0.717, 1.165) is 74.0 Å². The van der Waals surface area contributed by atoms with Gasteiger partial charge in [0.15, 0.2) is 0 Å². The second kappa shape index (κ2) is 9.67. The van der Waals surface area contributed by atoms with E-state index in [0.29, 0.717) is 26.1 Å². The van der Waals surface area contributed by atoms with Gasteiger partial charge in [0.1, 0.15) is 5.82 Å². The smallest absolute Gasteiger partial charge is 0.549 e. The summed E-state index contributed by atoms with van der Waals surface area (Å²) in [6, 6.07) is 7.97. The molecule has 2 heterocycles. The number of nitrogens with zero attached hydrogens (tertiary/aromatic N) is 4. The number of rotatable bonds is 6. The van der Waals surface area contributed by atoms with Crippen LogP contribution in [-0.2, 0) is 27.8 Å². The van der Waals surface area contributed by atoms with Crippen molar-refractivity contribution in [3.05, 3.63) is 41.1 Å². The molecule has 2 aromatic rings. The molecular weight excluding hydrogens is 415 g/mol. The number of aliphatic carboxylic acids is 1. The van der Waals surface area contributed by atoms with E-state index in [2.05, 4.69) is 16.7 Å². The maximum absolute atomic E-state index is 11.8. The van der Waals surface area contributed by atoms with Crippen LogP contribution in [0.4, 0.5) is 17.5 Å². The average molecular weight is 445 g/mol. The molecule has 2 aliphatic carbocycles. The molecule has 0 N–H and O–H groups in total.